The van der Waals surface area contributed by atoms with Gasteiger partial charge in [0.05, 0.1) is 6.04 Å². The maximum Gasteiger partial charge on any atom is 0.234 e. The molecule has 4 nitrogen and oxygen atoms in total. The first kappa shape index (κ1) is 15.4. The van der Waals surface area contributed by atoms with E-state index in [4.69, 9.17) is 5.73 Å². The lowest BCUT2D eigenvalue weighted by Gasteiger charge is -2.42. The van der Waals surface area contributed by atoms with Gasteiger partial charge in [0.25, 0.3) is 0 Å². The zero-order valence-electron chi connectivity index (χ0n) is 12.1. The molecule has 1 rings (SSSR count). The van der Waals surface area contributed by atoms with E-state index in [2.05, 4.69) is 24.1 Å². The van der Waals surface area contributed by atoms with Crippen LogP contribution in [0.5, 0.6) is 0 Å². The summed E-state index contributed by atoms with van der Waals surface area (Å²) < 4.78 is 0. The second kappa shape index (κ2) is 7.74. The lowest BCUT2D eigenvalue weighted by Crippen LogP contribution is -2.57. The molecule has 0 aromatic rings. The van der Waals surface area contributed by atoms with E-state index in [0.717, 1.165) is 25.9 Å². The van der Waals surface area contributed by atoms with Gasteiger partial charge in [-0.2, -0.15) is 0 Å². The Bertz CT molecular complexity index is 257. The number of rotatable bonds is 7. The summed E-state index contributed by atoms with van der Waals surface area (Å²) in [6.45, 7) is 8.50. The van der Waals surface area contributed by atoms with E-state index in [0.29, 0.717) is 12.1 Å². The molecule has 0 aromatic carbocycles. The average molecular weight is 255 g/mol. The van der Waals surface area contributed by atoms with Crippen LogP contribution >= 0.6 is 0 Å². The molecule has 1 fully saturated rings. The van der Waals surface area contributed by atoms with Gasteiger partial charge in [0.2, 0.25) is 5.91 Å². The molecule has 1 aliphatic rings. The molecular formula is C14H29N3O. The monoisotopic (exact) mass is 255 g/mol. The Kier molecular flexibility index (Phi) is 6.65. The molecule has 4 heteroatoms. The molecule has 1 saturated heterocycles. The molecule has 0 radical (unpaired) electrons. The van der Waals surface area contributed by atoms with Crippen LogP contribution in [0.15, 0.2) is 0 Å². The van der Waals surface area contributed by atoms with Gasteiger partial charge in [-0.3, -0.25) is 9.69 Å². The number of hydrogen-bond donors (Lipinski definition) is 2. The fourth-order valence-corrected chi connectivity index (χ4v) is 3.01. The number of nitrogens with two attached hydrogens (primary N) is 1. The summed E-state index contributed by atoms with van der Waals surface area (Å²) in [5.41, 5.74) is 5.54. The van der Waals surface area contributed by atoms with Gasteiger partial charge in [0, 0.05) is 12.1 Å². The van der Waals surface area contributed by atoms with E-state index < -0.39 is 0 Å². The number of piperidine rings is 1. The van der Waals surface area contributed by atoms with Crippen LogP contribution in [0.4, 0.5) is 0 Å². The van der Waals surface area contributed by atoms with Crippen molar-refractivity contribution >= 4 is 5.91 Å². The Hall–Kier alpha value is -0.610. The van der Waals surface area contributed by atoms with Crippen LogP contribution < -0.4 is 11.1 Å². The third-order valence-electron chi connectivity index (χ3n) is 4.00. The minimum atomic E-state index is -0.174. The molecule has 1 amide bonds. The van der Waals surface area contributed by atoms with E-state index in [-0.39, 0.29) is 11.9 Å². The van der Waals surface area contributed by atoms with Gasteiger partial charge in [-0.1, -0.05) is 20.3 Å². The molecular weight excluding hydrogens is 226 g/mol. The lowest BCUT2D eigenvalue weighted by atomic mass is 9.93. The van der Waals surface area contributed by atoms with Crippen molar-refractivity contribution in [2.45, 2.75) is 71.0 Å². The minimum absolute atomic E-state index is 0.0961. The molecule has 1 heterocycles. The lowest BCUT2D eigenvalue weighted by molar-refractivity contribution is -0.125. The number of amides is 1. The average Bonchev–Trinajstić information content (AvgIpc) is 2.37. The van der Waals surface area contributed by atoms with Crippen molar-refractivity contribution < 1.29 is 4.79 Å². The van der Waals surface area contributed by atoms with E-state index in [1.54, 1.807) is 0 Å². The van der Waals surface area contributed by atoms with Crippen LogP contribution in [0.1, 0.15) is 52.9 Å². The third kappa shape index (κ3) is 3.95. The van der Waals surface area contributed by atoms with Crippen LogP contribution in [0.25, 0.3) is 0 Å². The quantitative estimate of drug-likeness (QED) is 0.724. The van der Waals surface area contributed by atoms with Crippen molar-refractivity contribution in [3.05, 3.63) is 0 Å². The van der Waals surface area contributed by atoms with Crippen molar-refractivity contribution in [2.75, 3.05) is 13.1 Å². The first-order valence-corrected chi connectivity index (χ1v) is 7.40. The predicted octanol–water partition coefficient (Wildman–Crippen LogP) is 1.49. The maximum absolute atomic E-state index is 11.6. The molecule has 106 valence electrons. The van der Waals surface area contributed by atoms with Gasteiger partial charge in [-0.15, -0.1) is 0 Å². The summed E-state index contributed by atoms with van der Waals surface area (Å²) in [6.07, 6.45) is 5.56. The Morgan fingerprint density at radius 3 is 2.72 bits per heavy atom. The molecule has 0 aromatic heterocycles. The van der Waals surface area contributed by atoms with Gasteiger partial charge in [0.15, 0.2) is 0 Å². The summed E-state index contributed by atoms with van der Waals surface area (Å²) in [5.74, 6) is -0.174. The SMILES string of the molecule is CCCNC(C)C1CCCCN1C(CC)C(N)=O. The van der Waals surface area contributed by atoms with Gasteiger partial charge in [-0.05, 0) is 45.7 Å². The van der Waals surface area contributed by atoms with E-state index in [9.17, 15) is 4.79 Å². The van der Waals surface area contributed by atoms with Crippen molar-refractivity contribution in [1.82, 2.24) is 10.2 Å². The molecule has 3 atom stereocenters. The van der Waals surface area contributed by atoms with Gasteiger partial charge < -0.3 is 11.1 Å². The van der Waals surface area contributed by atoms with E-state index in [1.165, 1.54) is 19.3 Å². The fraction of sp³-hybridized carbons (Fsp3) is 0.929. The van der Waals surface area contributed by atoms with Gasteiger partial charge in [-0.25, -0.2) is 0 Å². The van der Waals surface area contributed by atoms with Crippen molar-refractivity contribution in [2.24, 2.45) is 5.73 Å². The first-order chi connectivity index (χ1) is 8.61. The van der Waals surface area contributed by atoms with E-state index in [1.807, 2.05) is 6.92 Å². The smallest absolute Gasteiger partial charge is 0.234 e. The fourth-order valence-electron chi connectivity index (χ4n) is 3.01. The second-order valence-corrected chi connectivity index (χ2v) is 5.37. The zero-order chi connectivity index (χ0) is 13.5. The molecule has 3 unspecified atom stereocenters. The molecule has 0 aliphatic carbocycles. The van der Waals surface area contributed by atoms with Crippen LogP contribution in [-0.2, 0) is 4.79 Å². The largest absolute Gasteiger partial charge is 0.368 e. The molecule has 0 spiro atoms. The number of carbonyl (C=O) groups excluding carboxylic acids is 1. The topological polar surface area (TPSA) is 58.4 Å². The van der Waals surface area contributed by atoms with Gasteiger partial charge >= 0.3 is 0 Å². The zero-order valence-corrected chi connectivity index (χ0v) is 12.1. The number of primary amides is 1. The predicted molar refractivity (Wildman–Crippen MR) is 75.4 cm³/mol. The Morgan fingerprint density at radius 2 is 2.17 bits per heavy atom. The Labute approximate surface area is 111 Å². The van der Waals surface area contributed by atoms with Crippen LogP contribution in [-0.4, -0.2) is 42.0 Å². The molecule has 0 saturated carbocycles. The number of likely N-dealkylation sites (tertiary alicyclic amines) is 1. The highest BCUT2D eigenvalue weighted by Crippen LogP contribution is 2.23. The first-order valence-electron chi connectivity index (χ1n) is 7.40. The van der Waals surface area contributed by atoms with Gasteiger partial charge in [0.1, 0.15) is 0 Å². The summed E-state index contributed by atoms with van der Waals surface area (Å²) in [4.78, 5) is 13.9. The van der Waals surface area contributed by atoms with Crippen molar-refractivity contribution in [3.8, 4) is 0 Å². The molecule has 1 aliphatic heterocycles. The summed E-state index contributed by atoms with van der Waals surface area (Å²) in [6, 6.07) is 0.780. The molecule has 3 N–H and O–H groups in total. The van der Waals surface area contributed by atoms with Crippen LogP contribution in [0.3, 0.4) is 0 Å². The summed E-state index contributed by atoms with van der Waals surface area (Å²) in [5, 5.41) is 3.56. The third-order valence-corrected chi connectivity index (χ3v) is 4.00. The normalized spacial score (nSPS) is 24.7. The molecule has 18 heavy (non-hydrogen) atoms. The maximum atomic E-state index is 11.6. The standard InChI is InChI=1S/C14H29N3O/c1-4-9-16-11(3)13-8-6-7-10-17(13)12(5-2)14(15)18/h11-13,16H,4-10H2,1-3H3,(H2,15,18). The number of nitrogens with zero attached hydrogens (tertiary/aromatic N) is 1. The number of nitrogens with one attached hydrogen (secondary N) is 1. The highest BCUT2D eigenvalue weighted by Gasteiger charge is 2.33. The summed E-state index contributed by atoms with van der Waals surface area (Å²) in [7, 11) is 0. The van der Waals surface area contributed by atoms with Crippen molar-refractivity contribution in [3.63, 3.8) is 0 Å². The Balaban J connectivity index is 2.68. The minimum Gasteiger partial charge on any atom is -0.368 e. The van der Waals surface area contributed by atoms with Crippen molar-refractivity contribution in [1.29, 1.82) is 0 Å². The second-order valence-electron chi connectivity index (χ2n) is 5.37. The molecule has 0 bridgehead atoms. The Morgan fingerprint density at radius 1 is 1.44 bits per heavy atom. The highest BCUT2D eigenvalue weighted by molar-refractivity contribution is 5.79. The van der Waals surface area contributed by atoms with Crippen LogP contribution in [0.2, 0.25) is 0 Å². The summed E-state index contributed by atoms with van der Waals surface area (Å²) >= 11 is 0. The van der Waals surface area contributed by atoms with Crippen LogP contribution in [0, 0.1) is 0 Å². The highest BCUT2D eigenvalue weighted by atomic mass is 16.1. The number of hydrogen-bond acceptors (Lipinski definition) is 3. The number of carbonyl (C=O) groups is 1. The van der Waals surface area contributed by atoms with E-state index >= 15 is 0 Å².